The number of H-pyrrole nitrogens is 1. The van der Waals surface area contributed by atoms with Crippen LogP contribution in [0.2, 0.25) is 0 Å². The molecule has 1 N–H and O–H groups in total. The van der Waals surface area contributed by atoms with Gasteiger partial charge in [0, 0.05) is 11.3 Å². The normalized spacial score (nSPS) is 12.7. The van der Waals surface area contributed by atoms with E-state index in [9.17, 15) is 0 Å². The van der Waals surface area contributed by atoms with Crippen LogP contribution < -0.4 is 0 Å². The van der Waals surface area contributed by atoms with E-state index in [4.69, 9.17) is 0 Å². The molecule has 0 aliphatic rings. The summed E-state index contributed by atoms with van der Waals surface area (Å²) < 4.78 is 0. The molecular formula is C16H15N2. The molecule has 0 fully saturated rings. The quantitative estimate of drug-likeness (QED) is 0.732. The molecule has 0 aliphatic carbocycles. The van der Waals surface area contributed by atoms with E-state index >= 15 is 0 Å². The third-order valence-electron chi connectivity index (χ3n) is 3.37. The summed E-state index contributed by atoms with van der Waals surface area (Å²) in [6.45, 7) is 4.10. The third-order valence-corrected chi connectivity index (χ3v) is 3.37. The number of fused-ring (bicyclic) bond motifs is 1. The zero-order chi connectivity index (χ0) is 12.4. The molecule has 1 aromatic heterocycles. The molecule has 2 heteroatoms. The van der Waals surface area contributed by atoms with Gasteiger partial charge in [0.25, 0.3) is 0 Å². The molecule has 0 saturated heterocycles. The monoisotopic (exact) mass is 235 g/mol. The van der Waals surface area contributed by atoms with E-state index in [2.05, 4.69) is 59.6 Å². The van der Waals surface area contributed by atoms with Crippen molar-refractivity contribution in [1.82, 2.24) is 10.2 Å². The standard InChI is InChI=1S/C16H15N2/c1-2-14(12-7-4-3-5-8-12)15-10-6-9-13-11-17-18-16(13)15/h3-11,14H,1-2H2,(H,17,18)/t14-/m1/s1. The molecule has 0 spiro atoms. The van der Waals surface area contributed by atoms with Crippen molar-refractivity contribution in [3.63, 3.8) is 0 Å². The van der Waals surface area contributed by atoms with E-state index in [1.807, 2.05) is 12.3 Å². The Kier molecular flexibility index (Phi) is 2.85. The molecule has 0 unspecified atom stereocenters. The van der Waals surface area contributed by atoms with Crippen molar-refractivity contribution < 1.29 is 0 Å². The van der Waals surface area contributed by atoms with Crippen molar-refractivity contribution in [2.45, 2.75) is 12.3 Å². The molecule has 89 valence electrons. The van der Waals surface area contributed by atoms with Gasteiger partial charge in [-0.25, -0.2) is 0 Å². The predicted octanol–water partition coefficient (Wildman–Crippen LogP) is 3.92. The first kappa shape index (κ1) is 11.0. The molecule has 2 nitrogen and oxygen atoms in total. The molecule has 0 bridgehead atoms. The second-order valence-electron chi connectivity index (χ2n) is 4.43. The smallest absolute Gasteiger partial charge is 0.0688 e. The van der Waals surface area contributed by atoms with Crippen LogP contribution in [0, 0.1) is 6.92 Å². The van der Waals surface area contributed by atoms with Crippen LogP contribution in [0.15, 0.2) is 54.7 Å². The van der Waals surface area contributed by atoms with Crippen molar-refractivity contribution in [1.29, 1.82) is 0 Å². The molecule has 3 aromatic rings. The van der Waals surface area contributed by atoms with Crippen molar-refractivity contribution in [3.05, 3.63) is 72.8 Å². The molecule has 18 heavy (non-hydrogen) atoms. The van der Waals surface area contributed by atoms with Gasteiger partial charge in [0.05, 0.1) is 11.7 Å². The number of nitrogens with one attached hydrogen (secondary N) is 1. The van der Waals surface area contributed by atoms with Gasteiger partial charge in [0.15, 0.2) is 0 Å². The van der Waals surface area contributed by atoms with E-state index in [-0.39, 0.29) is 0 Å². The van der Waals surface area contributed by atoms with E-state index in [1.54, 1.807) is 0 Å². The second-order valence-corrected chi connectivity index (χ2v) is 4.43. The van der Waals surface area contributed by atoms with Gasteiger partial charge in [-0.3, -0.25) is 5.10 Å². The van der Waals surface area contributed by atoms with Gasteiger partial charge in [-0.05, 0) is 17.5 Å². The molecule has 0 aliphatic heterocycles. The Morgan fingerprint density at radius 3 is 2.67 bits per heavy atom. The summed E-state index contributed by atoms with van der Waals surface area (Å²) in [6.07, 6.45) is 2.70. The minimum Gasteiger partial charge on any atom is -0.278 e. The fourth-order valence-electron chi connectivity index (χ4n) is 2.47. The summed E-state index contributed by atoms with van der Waals surface area (Å²) in [6, 6.07) is 16.8. The van der Waals surface area contributed by atoms with Gasteiger partial charge in [-0.1, -0.05) is 55.5 Å². The van der Waals surface area contributed by atoms with Crippen LogP contribution in [-0.2, 0) is 0 Å². The maximum absolute atomic E-state index is 4.13. The number of nitrogens with zero attached hydrogens (tertiary/aromatic N) is 1. The Bertz CT molecular complexity index is 640. The molecule has 1 heterocycles. The van der Waals surface area contributed by atoms with E-state index < -0.39 is 0 Å². The van der Waals surface area contributed by atoms with Crippen LogP contribution in [0.1, 0.15) is 23.5 Å². The predicted molar refractivity (Wildman–Crippen MR) is 74.4 cm³/mol. The van der Waals surface area contributed by atoms with Crippen molar-refractivity contribution in [2.24, 2.45) is 0 Å². The average Bonchev–Trinajstić information content (AvgIpc) is 2.90. The fraction of sp³-hybridized carbons (Fsp3) is 0.125. The van der Waals surface area contributed by atoms with Crippen LogP contribution in [0.3, 0.4) is 0 Å². The van der Waals surface area contributed by atoms with Crippen LogP contribution in [0.5, 0.6) is 0 Å². The Labute approximate surface area is 107 Å². The molecule has 1 radical (unpaired) electrons. The summed E-state index contributed by atoms with van der Waals surface area (Å²) in [5.74, 6) is 0.315. The minimum atomic E-state index is 0.315. The first-order valence-corrected chi connectivity index (χ1v) is 6.16. The molecular weight excluding hydrogens is 220 g/mol. The van der Waals surface area contributed by atoms with E-state index in [0.717, 1.165) is 17.3 Å². The van der Waals surface area contributed by atoms with Gasteiger partial charge in [-0.2, -0.15) is 5.10 Å². The largest absolute Gasteiger partial charge is 0.278 e. The van der Waals surface area contributed by atoms with Gasteiger partial charge >= 0.3 is 0 Å². The van der Waals surface area contributed by atoms with Gasteiger partial charge in [-0.15, -0.1) is 0 Å². The van der Waals surface area contributed by atoms with Crippen molar-refractivity contribution in [2.75, 3.05) is 0 Å². The Morgan fingerprint density at radius 1 is 1.06 bits per heavy atom. The highest BCUT2D eigenvalue weighted by molar-refractivity contribution is 5.82. The highest BCUT2D eigenvalue weighted by Crippen LogP contribution is 2.31. The van der Waals surface area contributed by atoms with Crippen molar-refractivity contribution >= 4 is 10.9 Å². The van der Waals surface area contributed by atoms with Crippen LogP contribution in [0.4, 0.5) is 0 Å². The minimum absolute atomic E-state index is 0.315. The lowest BCUT2D eigenvalue weighted by Crippen LogP contribution is -2.00. The van der Waals surface area contributed by atoms with Gasteiger partial charge in [0.2, 0.25) is 0 Å². The summed E-state index contributed by atoms with van der Waals surface area (Å²) in [4.78, 5) is 0. The van der Waals surface area contributed by atoms with Crippen LogP contribution in [0.25, 0.3) is 10.9 Å². The second kappa shape index (κ2) is 4.65. The highest BCUT2D eigenvalue weighted by atomic mass is 15.1. The number of rotatable bonds is 3. The number of hydrogen-bond acceptors (Lipinski definition) is 1. The van der Waals surface area contributed by atoms with Crippen LogP contribution in [-0.4, -0.2) is 10.2 Å². The lowest BCUT2D eigenvalue weighted by atomic mass is 9.88. The lowest BCUT2D eigenvalue weighted by Gasteiger charge is -2.16. The average molecular weight is 235 g/mol. The zero-order valence-electron chi connectivity index (χ0n) is 10.1. The Balaban J connectivity index is 2.15. The number of aromatic nitrogens is 2. The molecule has 2 aromatic carbocycles. The summed E-state index contributed by atoms with van der Waals surface area (Å²) >= 11 is 0. The van der Waals surface area contributed by atoms with Gasteiger partial charge < -0.3 is 0 Å². The first-order valence-electron chi connectivity index (χ1n) is 6.16. The molecule has 0 saturated carbocycles. The number of hydrogen-bond donors (Lipinski definition) is 1. The van der Waals surface area contributed by atoms with Crippen molar-refractivity contribution in [3.8, 4) is 0 Å². The Morgan fingerprint density at radius 2 is 1.89 bits per heavy atom. The first-order chi connectivity index (χ1) is 8.90. The zero-order valence-corrected chi connectivity index (χ0v) is 10.1. The lowest BCUT2D eigenvalue weighted by molar-refractivity contribution is 0.831. The number of aromatic amines is 1. The Hall–Kier alpha value is -2.09. The highest BCUT2D eigenvalue weighted by Gasteiger charge is 2.15. The van der Waals surface area contributed by atoms with Gasteiger partial charge in [0.1, 0.15) is 0 Å². The fourth-order valence-corrected chi connectivity index (χ4v) is 2.47. The maximum atomic E-state index is 4.13. The number of para-hydroxylation sites is 1. The van der Waals surface area contributed by atoms with E-state index in [1.165, 1.54) is 11.1 Å². The molecule has 0 amide bonds. The van der Waals surface area contributed by atoms with Crippen LogP contribution >= 0.6 is 0 Å². The maximum Gasteiger partial charge on any atom is 0.0688 e. The van der Waals surface area contributed by atoms with E-state index in [0.29, 0.717) is 5.92 Å². The SMILES string of the molecule is [CH2]C[C@H](c1ccccc1)c1cccc2cn[nH]c12. The number of benzene rings is 2. The third kappa shape index (κ3) is 1.80. The summed E-state index contributed by atoms with van der Waals surface area (Å²) in [5.41, 5.74) is 3.69. The topological polar surface area (TPSA) is 28.7 Å². The summed E-state index contributed by atoms with van der Waals surface area (Å²) in [5, 5.41) is 8.38. The molecule has 1 atom stereocenters. The molecule has 3 rings (SSSR count). The summed E-state index contributed by atoms with van der Waals surface area (Å²) in [7, 11) is 0.